The zero-order valence-corrected chi connectivity index (χ0v) is 13.6. The number of nitrogens with two attached hydrogens (primary N) is 1. The maximum Gasteiger partial charge on any atom is 0.225 e. The second kappa shape index (κ2) is 7.71. The Labute approximate surface area is 128 Å². The third-order valence-corrected chi connectivity index (χ3v) is 4.58. The molecule has 0 saturated carbocycles. The van der Waals surface area contributed by atoms with Crippen LogP contribution in [0.1, 0.15) is 38.7 Å². The monoisotopic (exact) mass is 291 g/mol. The third kappa shape index (κ3) is 4.38. The molecule has 0 bridgehead atoms. The summed E-state index contributed by atoms with van der Waals surface area (Å²) < 4.78 is 0. The number of likely N-dealkylation sites (tertiary alicyclic amines) is 1. The smallest absolute Gasteiger partial charge is 0.225 e. The van der Waals surface area contributed by atoms with Crippen LogP contribution in [0.5, 0.6) is 0 Å². The van der Waals surface area contributed by atoms with Gasteiger partial charge in [0.1, 0.15) is 0 Å². The fourth-order valence-corrected chi connectivity index (χ4v) is 2.87. The Bertz CT molecular complexity index is 411. The minimum absolute atomic E-state index is 0.204. The van der Waals surface area contributed by atoms with E-state index < -0.39 is 0 Å². The second-order valence-corrected chi connectivity index (χ2v) is 6.04. The van der Waals surface area contributed by atoms with Crippen LogP contribution >= 0.6 is 0 Å². The van der Waals surface area contributed by atoms with Crippen molar-refractivity contribution in [3.63, 3.8) is 0 Å². The van der Waals surface area contributed by atoms with E-state index in [0.717, 1.165) is 30.9 Å². The Morgan fingerprint density at radius 3 is 2.43 bits per heavy atom. The lowest BCUT2D eigenvalue weighted by Gasteiger charge is -2.36. The molecular formula is C16H29N5. The van der Waals surface area contributed by atoms with Crippen LogP contribution in [0.4, 0.5) is 5.95 Å². The van der Waals surface area contributed by atoms with Crippen molar-refractivity contribution in [2.24, 2.45) is 5.73 Å². The second-order valence-electron chi connectivity index (χ2n) is 6.04. The highest BCUT2D eigenvalue weighted by molar-refractivity contribution is 5.30. The predicted molar refractivity (Wildman–Crippen MR) is 87.5 cm³/mol. The van der Waals surface area contributed by atoms with Gasteiger partial charge in [-0.3, -0.25) is 0 Å². The van der Waals surface area contributed by atoms with Gasteiger partial charge < -0.3 is 15.5 Å². The normalized spacial score (nSPS) is 18.7. The van der Waals surface area contributed by atoms with Gasteiger partial charge in [-0.1, -0.05) is 13.8 Å². The van der Waals surface area contributed by atoms with Gasteiger partial charge in [0.05, 0.1) is 0 Å². The summed E-state index contributed by atoms with van der Waals surface area (Å²) in [5.41, 5.74) is 7.10. The van der Waals surface area contributed by atoms with Gasteiger partial charge in [-0.05, 0) is 37.8 Å². The summed E-state index contributed by atoms with van der Waals surface area (Å²) in [4.78, 5) is 13.8. The average Bonchev–Trinajstić information content (AvgIpc) is 2.55. The van der Waals surface area contributed by atoms with Crippen molar-refractivity contribution in [1.82, 2.24) is 14.9 Å². The van der Waals surface area contributed by atoms with Gasteiger partial charge in [-0.25, -0.2) is 9.97 Å². The summed E-state index contributed by atoms with van der Waals surface area (Å²) in [6, 6.07) is 0.757. The molecule has 1 atom stereocenters. The maximum absolute atomic E-state index is 5.98. The third-order valence-electron chi connectivity index (χ3n) is 4.58. The Kier molecular flexibility index (Phi) is 5.94. The zero-order valence-electron chi connectivity index (χ0n) is 13.6. The van der Waals surface area contributed by atoms with E-state index in [1.54, 1.807) is 0 Å². The number of piperidine rings is 1. The van der Waals surface area contributed by atoms with Crippen LogP contribution in [0, 0.1) is 0 Å². The predicted octanol–water partition coefficient (Wildman–Crippen LogP) is 1.68. The zero-order chi connectivity index (χ0) is 15.2. The van der Waals surface area contributed by atoms with Crippen molar-refractivity contribution in [3.05, 3.63) is 18.0 Å². The molecule has 1 unspecified atom stereocenters. The van der Waals surface area contributed by atoms with Crippen LogP contribution in [0.25, 0.3) is 0 Å². The minimum atomic E-state index is 0.204. The molecule has 1 fully saturated rings. The summed E-state index contributed by atoms with van der Waals surface area (Å²) >= 11 is 0. The average molecular weight is 291 g/mol. The van der Waals surface area contributed by atoms with Gasteiger partial charge in [0.25, 0.3) is 0 Å². The molecule has 1 aromatic heterocycles. The van der Waals surface area contributed by atoms with Gasteiger partial charge >= 0.3 is 0 Å². The first kappa shape index (κ1) is 16.2. The van der Waals surface area contributed by atoms with Crippen molar-refractivity contribution in [2.45, 2.75) is 51.6 Å². The first-order valence-electron chi connectivity index (χ1n) is 8.15. The van der Waals surface area contributed by atoms with E-state index >= 15 is 0 Å². The topological polar surface area (TPSA) is 58.3 Å². The molecule has 1 saturated heterocycles. The number of aromatic nitrogens is 2. The number of anilines is 1. The van der Waals surface area contributed by atoms with E-state index in [-0.39, 0.29) is 6.04 Å². The summed E-state index contributed by atoms with van der Waals surface area (Å²) in [5.74, 6) is 0.832. The molecule has 5 nitrogen and oxygen atoms in total. The van der Waals surface area contributed by atoms with Crippen molar-refractivity contribution in [2.75, 3.05) is 31.6 Å². The van der Waals surface area contributed by atoms with Crippen LogP contribution in [-0.2, 0) is 6.42 Å². The summed E-state index contributed by atoms with van der Waals surface area (Å²) in [6.07, 6.45) is 8.07. The molecule has 2 rings (SSSR count). The minimum Gasteiger partial charge on any atom is -0.341 e. The fraction of sp³-hybridized carbons (Fsp3) is 0.750. The van der Waals surface area contributed by atoms with Crippen molar-refractivity contribution < 1.29 is 0 Å². The van der Waals surface area contributed by atoms with Gasteiger partial charge in [-0.2, -0.15) is 0 Å². The molecule has 0 spiro atoms. The molecular weight excluding hydrogens is 262 g/mol. The van der Waals surface area contributed by atoms with Crippen molar-refractivity contribution in [1.29, 1.82) is 0 Å². The van der Waals surface area contributed by atoms with Crippen LogP contribution < -0.4 is 10.6 Å². The first-order chi connectivity index (χ1) is 10.1. The molecule has 5 heteroatoms. The molecule has 118 valence electrons. The Morgan fingerprint density at radius 2 is 1.90 bits per heavy atom. The number of hydrogen-bond acceptors (Lipinski definition) is 5. The lowest BCUT2D eigenvalue weighted by atomic mass is 10.0. The standard InChI is InChI=1S/C16H29N5/c1-4-14(17)10-13-11-18-16(19-12-13)20(3)15-6-8-21(5-2)9-7-15/h11-12,14-15H,4-10,17H2,1-3H3. The van der Waals surface area contributed by atoms with E-state index in [2.05, 4.69) is 40.7 Å². The Balaban J connectivity index is 1.92. The molecule has 0 aromatic carbocycles. The SMILES string of the molecule is CCC(N)Cc1cnc(N(C)C2CCN(CC)CC2)nc1. The van der Waals surface area contributed by atoms with Gasteiger partial charge in [0.15, 0.2) is 0 Å². The van der Waals surface area contributed by atoms with Crippen molar-refractivity contribution >= 4 is 5.95 Å². The van der Waals surface area contributed by atoms with E-state index in [0.29, 0.717) is 6.04 Å². The maximum atomic E-state index is 5.98. The molecule has 1 aliphatic rings. The van der Waals surface area contributed by atoms with Gasteiger partial charge in [0, 0.05) is 44.6 Å². The van der Waals surface area contributed by atoms with E-state index in [1.807, 2.05) is 12.4 Å². The van der Waals surface area contributed by atoms with E-state index in [4.69, 9.17) is 5.73 Å². The van der Waals surface area contributed by atoms with Gasteiger partial charge in [0.2, 0.25) is 5.95 Å². The highest BCUT2D eigenvalue weighted by atomic mass is 15.3. The molecule has 1 aromatic rings. The Morgan fingerprint density at radius 1 is 1.29 bits per heavy atom. The lowest BCUT2D eigenvalue weighted by Crippen LogP contribution is -2.43. The van der Waals surface area contributed by atoms with E-state index in [1.165, 1.54) is 25.9 Å². The van der Waals surface area contributed by atoms with Crippen LogP contribution in [0.15, 0.2) is 12.4 Å². The molecule has 1 aliphatic heterocycles. The molecule has 0 aliphatic carbocycles. The number of hydrogen-bond donors (Lipinski definition) is 1. The fourth-order valence-electron chi connectivity index (χ4n) is 2.87. The van der Waals surface area contributed by atoms with Crippen LogP contribution in [0.2, 0.25) is 0 Å². The van der Waals surface area contributed by atoms with Crippen LogP contribution in [0.3, 0.4) is 0 Å². The molecule has 2 heterocycles. The van der Waals surface area contributed by atoms with E-state index in [9.17, 15) is 0 Å². The summed E-state index contributed by atoms with van der Waals surface area (Å²) in [5, 5.41) is 0. The largest absolute Gasteiger partial charge is 0.341 e. The Hall–Kier alpha value is -1.20. The quantitative estimate of drug-likeness (QED) is 0.864. The van der Waals surface area contributed by atoms with Crippen molar-refractivity contribution in [3.8, 4) is 0 Å². The lowest BCUT2D eigenvalue weighted by molar-refractivity contribution is 0.220. The first-order valence-corrected chi connectivity index (χ1v) is 8.15. The number of nitrogens with zero attached hydrogens (tertiary/aromatic N) is 4. The summed E-state index contributed by atoms with van der Waals surface area (Å²) in [6.45, 7) is 7.84. The molecule has 2 N–H and O–H groups in total. The summed E-state index contributed by atoms with van der Waals surface area (Å²) in [7, 11) is 2.11. The highest BCUT2D eigenvalue weighted by Crippen LogP contribution is 2.19. The highest BCUT2D eigenvalue weighted by Gasteiger charge is 2.23. The van der Waals surface area contributed by atoms with Gasteiger partial charge in [-0.15, -0.1) is 0 Å². The molecule has 0 amide bonds. The molecule has 0 radical (unpaired) electrons. The van der Waals surface area contributed by atoms with Crippen LogP contribution in [-0.4, -0.2) is 53.6 Å². The number of rotatable bonds is 6. The molecule has 21 heavy (non-hydrogen) atoms.